The maximum Gasteiger partial charge on any atom is 0.332 e. The van der Waals surface area contributed by atoms with Crippen LogP contribution in [0.15, 0.2) is 45.3 Å². The van der Waals surface area contributed by atoms with Gasteiger partial charge in [-0.25, -0.2) is 4.79 Å². The first kappa shape index (κ1) is 20.4. The van der Waals surface area contributed by atoms with Gasteiger partial charge in [0.25, 0.3) is 5.56 Å². The fraction of sp³-hybridized carbons (Fsp3) is 0.409. The molecule has 8 heteroatoms. The summed E-state index contributed by atoms with van der Waals surface area (Å²) in [6, 6.07) is 9.16. The lowest BCUT2D eigenvalue weighted by Crippen LogP contribution is -2.44. The van der Waals surface area contributed by atoms with Crippen LogP contribution < -0.4 is 21.3 Å². The van der Waals surface area contributed by atoms with Crippen molar-refractivity contribution < 1.29 is 9.53 Å². The Morgan fingerprint density at radius 3 is 2.73 bits per heavy atom. The third kappa shape index (κ3) is 4.18. The van der Waals surface area contributed by atoms with Crippen LogP contribution in [0.3, 0.4) is 0 Å². The molecule has 0 unspecified atom stereocenters. The molecule has 0 atom stereocenters. The molecule has 1 N–H and O–H groups in total. The van der Waals surface area contributed by atoms with Gasteiger partial charge in [-0.3, -0.25) is 18.7 Å². The van der Waals surface area contributed by atoms with Crippen molar-refractivity contribution >= 4 is 27.5 Å². The second-order valence-corrected chi connectivity index (χ2v) is 8.57. The summed E-state index contributed by atoms with van der Waals surface area (Å²) < 4.78 is 8.32. The predicted molar refractivity (Wildman–Crippen MR) is 117 cm³/mol. The highest BCUT2D eigenvalue weighted by molar-refractivity contribution is 7.17. The van der Waals surface area contributed by atoms with E-state index in [1.165, 1.54) is 26.9 Å². The lowest BCUT2D eigenvalue weighted by Gasteiger charge is -2.23. The number of benzene rings is 1. The molecular formula is C22H25N3O4S. The SMILES string of the molecule is COc1cccc(Cn2c(=O)c3sccc3n(CC(=O)NC3CCCCC3)c2=O)c1. The van der Waals surface area contributed by atoms with Crippen LogP contribution in [0.5, 0.6) is 5.75 Å². The molecule has 1 aliphatic carbocycles. The van der Waals surface area contributed by atoms with Crippen molar-refractivity contribution in [1.82, 2.24) is 14.5 Å². The van der Waals surface area contributed by atoms with Gasteiger partial charge >= 0.3 is 5.69 Å². The van der Waals surface area contributed by atoms with E-state index in [4.69, 9.17) is 4.74 Å². The Bertz CT molecular complexity index is 1170. The summed E-state index contributed by atoms with van der Waals surface area (Å²) in [7, 11) is 1.57. The van der Waals surface area contributed by atoms with E-state index < -0.39 is 5.69 Å². The first-order valence-corrected chi connectivity index (χ1v) is 11.1. The first-order chi connectivity index (χ1) is 14.6. The van der Waals surface area contributed by atoms with Crippen LogP contribution >= 0.6 is 11.3 Å². The van der Waals surface area contributed by atoms with E-state index in [-0.39, 0.29) is 30.6 Å². The largest absolute Gasteiger partial charge is 0.497 e. The second kappa shape index (κ2) is 8.87. The second-order valence-electron chi connectivity index (χ2n) is 7.65. The molecular weight excluding hydrogens is 402 g/mol. The molecule has 0 saturated heterocycles. The Balaban J connectivity index is 1.67. The Labute approximate surface area is 177 Å². The Kier molecular flexibility index (Phi) is 6.03. The number of carbonyl (C=O) groups is 1. The maximum atomic E-state index is 13.2. The molecule has 0 radical (unpaired) electrons. The van der Waals surface area contributed by atoms with Crippen molar-refractivity contribution in [2.24, 2.45) is 0 Å². The standard InChI is InChI=1S/C22H25N3O4S/c1-29-17-9-5-6-15(12-17)13-25-21(27)20-18(10-11-30-20)24(22(25)28)14-19(26)23-16-7-3-2-4-8-16/h5-6,9-12,16H,2-4,7-8,13-14H2,1H3,(H,23,26). The van der Waals surface area contributed by atoms with Crippen molar-refractivity contribution in [3.63, 3.8) is 0 Å². The van der Waals surface area contributed by atoms with E-state index in [9.17, 15) is 14.4 Å². The Morgan fingerprint density at radius 2 is 1.97 bits per heavy atom. The van der Waals surface area contributed by atoms with E-state index in [2.05, 4.69) is 5.32 Å². The molecule has 0 aliphatic heterocycles. The number of fused-ring (bicyclic) bond motifs is 1. The normalized spacial score (nSPS) is 14.7. The van der Waals surface area contributed by atoms with Crippen LogP contribution in [-0.2, 0) is 17.9 Å². The number of rotatable bonds is 6. The average Bonchev–Trinajstić information content (AvgIpc) is 3.25. The van der Waals surface area contributed by atoms with Crippen molar-refractivity contribution in [1.29, 1.82) is 0 Å². The van der Waals surface area contributed by atoms with E-state index in [1.807, 2.05) is 18.2 Å². The number of methoxy groups -OCH3 is 1. The van der Waals surface area contributed by atoms with Crippen molar-refractivity contribution in [3.8, 4) is 5.75 Å². The summed E-state index contributed by atoms with van der Waals surface area (Å²) >= 11 is 1.28. The zero-order valence-corrected chi connectivity index (χ0v) is 17.7. The van der Waals surface area contributed by atoms with Gasteiger partial charge in [0.2, 0.25) is 5.91 Å². The quantitative estimate of drug-likeness (QED) is 0.656. The number of ether oxygens (including phenoxy) is 1. The third-order valence-corrected chi connectivity index (χ3v) is 6.47. The fourth-order valence-corrected chi connectivity index (χ4v) is 4.89. The minimum Gasteiger partial charge on any atom is -0.497 e. The highest BCUT2D eigenvalue weighted by atomic mass is 32.1. The summed E-state index contributed by atoms with van der Waals surface area (Å²) in [5.74, 6) is 0.466. The number of hydrogen-bond donors (Lipinski definition) is 1. The molecule has 4 rings (SSSR count). The van der Waals surface area contributed by atoms with Gasteiger partial charge in [-0.1, -0.05) is 31.4 Å². The summed E-state index contributed by atoms with van der Waals surface area (Å²) in [6.07, 6.45) is 5.39. The van der Waals surface area contributed by atoms with E-state index >= 15 is 0 Å². The topological polar surface area (TPSA) is 82.3 Å². The molecule has 1 fully saturated rings. The monoisotopic (exact) mass is 427 g/mol. The molecule has 158 valence electrons. The van der Waals surface area contributed by atoms with Gasteiger partial charge in [0.05, 0.1) is 19.2 Å². The van der Waals surface area contributed by atoms with Crippen LogP contribution in [-0.4, -0.2) is 28.2 Å². The van der Waals surface area contributed by atoms with Crippen molar-refractivity contribution in [3.05, 3.63) is 62.1 Å². The molecule has 1 aliphatic rings. The molecule has 0 spiro atoms. The summed E-state index contributed by atoms with van der Waals surface area (Å²) in [5.41, 5.74) is 0.475. The lowest BCUT2D eigenvalue weighted by atomic mass is 9.95. The van der Waals surface area contributed by atoms with Gasteiger partial charge in [0.1, 0.15) is 17.0 Å². The summed E-state index contributed by atoms with van der Waals surface area (Å²) in [6.45, 7) is 0.0217. The molecule has 7 nitrogen and oxygen atoms in total. The van der Waals surface area contributed by atoms with E-state index in [0.29, 0.717) is 16.0 Å². The van der Waals surface area contributed by atoms with E-state index in [0.717, 1.165) is 31.2 Å². The molecule has 0 bridgehead atoms. The Hall–Kier alpha value is -2.87. The third-order valence-electron chi connectivity index (χ3n) is 5.58. The molecule has 1 saturated carbocycles. The average molecular weight is 428 g/mol. The summed E-state index contributed by atoms with van der Waals surface area (Å²) in [5, 5.41) is 4.83. The molecule has 30 heavy (non-hydrogen) atoms. The van der Waals surface area contributed by atoms with Crippen molar-refractivity contribution in [2.45, 2.75) is 51.2 Å². The minimum absolute atomic E-state index is 0.0963. The van der Waals surface area contributed by atoms with Crippen molar-refractivity contribution in [2.75, 3.05) is 7.11 Å². The Morgan fingerprint density at radius 1 is 1.17 bits per heavy atom. The molecule has 1 aromatic carbocycles. The lowest BCUT2D eigenvalue weighted by molar-refractivity contribution is -0.122. The van der Waals surface area contributed by atoms with Gasteiger partial charge < -0.3 is 10.1 Å². The van der Waals surface area contributed by atoms with Gasteiger partial charge in [0, 0.05) is 6.04 Å². The number of aromatic nitrogens is 2. The highest BCUT2D eigenvalue weighted by Gasteiger charge is 2.19. The first-order valence-electron chi connectivity index (χ1n) is 10.2. The molecule has 3 aromatic rings. The molecule has 2 heterocycles. The van der Waals surface area contributed by atoms with Crippen LogP contribution in [0, 0.1) is 0 Å². The molecule has 2 aromatic heterocycles. The number of hydrogen-bond acceptors (Lipinski definition) is 5. The number of carbonyl (C=O) groups excluding carboxylic acids is 1. The van der Waals surface area contributed by atoms with Gasteiger partial charge in [-0.2, -0.15) is 0 Å². The number of amides is 1. The molecule has 1 amide bonds. The zero-order chi connectivity index (χ0) is 21.1. The van der Waals surface area contributed by atoms with Crippen LogP contribution in [0.2, 0.25) is 0 Å². The van der Waals surface area contributed by atoms with Crippen LogP contribution in [0.25, 0.3) is 10.2 Å². The number of nitrogens with zero attached hydrogens (tertiary/aromatic N) is 2. The van der Waals surface area contributed by atoms with Gasteiger partial charge in [-0.15, -0.1) is 11.3 Å². The van der Waals surface area contributed by atoms with Gasteiger partial charge in [0.15, 0.2) is 0 Å². The zero-order valence-electron chi connectivity index (χ0n) is 16.9. The smallest absolute Gasteiger partial charge is 0.332 e. The predicted octanol–water partition coefficient (Wildman–Crippen LogP) is 2.73. The summed E-state index contributed by atoms with van der Waals surface area (Å²) in [4.78, 5) is 38.8. The van der Waals surface area contributed by atoms with E-state index in [1.54, 1.807) is 24.6 Å². The van der Waals surface area contributed by atoms with Crippen LogP contribution in [0.1, 0.15) is 37.7 Å². The highest BCUT2D eigenvalue weighted by Crippen LogP contribution is 2.19. The van der Waals surface area contributed by atoms with Gasteiger partial charge in [-0.05, 0) is 42.0 Å². The minimum atomic E-state index is -0.479. The number of thiophene rings is 1. The number of nitrogens with one attached hydrogen (secondary N) is 1. The van der Waals surface area contributed by atoms with Crippen LogP contribution in [0.4, 0.5) is 0 Å². The maximum absolute atomic E-state index is 13.2. The fourth-order valence-electron chi connectivity index (χ4n) is 4.04.